The molecule has 4 nitrogen and oxygen atoms in total. The molecule has 0 radical (unpaired) electrons. The Morgan fingerprint density at radius 1 is 1.25 bits per heavy atom. The van der Waals surface area contributed by atoms with Gasteiger partial charge in [0, 0.05) is 29.4 Å². The van der Waals surface area contributed by atoms with Gasteiger partial charge in [0.1, 0.15) is 11.9 Å². The predicted octanol–water partition coefficient (Wildman–Crippen LogP) is 7.00. The number of hydrogen-bond donors (Lipinski definition) is 1. The van der Waals surface area contributed by atoms with E-state index in [0.717, 1.165) is 34.5 Å². The number of hydrogen-bond acceptors (Lipinski definition) is 2. The van der Waals surface area contributed by atoms with Gasteiger partial charge in [-0.3, -0.25) is 4.79 Å². The van der Waals surface area contributed by atoms with Crippen molar-refractivity contribution in [3.63, 3.8) is 0 Å². The first kappa shape index (κ1) is 23.6. The number of nitrogens with zero attached hydrogens (tertiary/aromatic N) is 1. The number of halogens is 2. The SMILES string of the molecule is CC/C(=C\c1c(C)ccn1OC(C)c1c(Cl)ccc(F)c1C)c1cccc(NC(C)=O)c1. The van der Waals surface area contributed by atoms with Crippen molar-refractivity contribution in [1.29, 1.82) is 0 Å². The molecule has 3 aromatic rings. The van der Waals surface area contributed by atoms with Gasteiger partial charge in [-0.1, -0.05) is 30.7 Å². The lowest BCUT2D eigenvalue weighted by Crippen LogP contribution is -2.18. The van der Waals surface area contributed by atoms with E-state index in [1.807, 2.05) is 50.4 Å². The van der Waals surface area contributed by atoms with Gasteiger partial charge < -0.3 is 10.2 Å². The van der Waals surface area contributed by atoms with Crippen LogP contribution in [0.1, 0.15) is 61.2 Å². The Kier molecular flexibility index (Phi) is 7.41. The molecule has 6 heteroatoms. The number of aryl methyl sites for hydroxylation is 1. The van der Waals surface area contributed by atoms with E-state index >= 15 is 0 Å². The largest absolute Gasteiger partial charge is 0.406 e. The summed E-state index contributed by atoms with van der Waals surface area (Å²) in [6.45, 7) is 9.14. The molecule has 32 heavy (non-hydrogen) atoms. The highest BCUT2D eigenvalue weighted by molar-refractivity contribution is 6.31. The van der Waals surface area contributed by atoms with Crippen LogP contribution in [0.25, 0.3) is 11.6 Å². The number of carbonyl (C=O) groups excluding carboxylic acids is 1. The molecule has 0 saturated heterocycles. The molecule has 0 aliphatic rings. The third-order valence-corrected chi connectivity index (χ3v) is 5.75. The number of carbonyl (C=O) groups is 1. The minimum atomic E-state index is -0.453. The maximum Gasteiger partial charge on any atom is 0.221 e. The van der Waals surface area contributed by atoms with Crippen molar-refractivity contribution in [1.82, 2.24) is 4.73 Å². The number of anilines is 1. The maximum atomic E-state index is 14.1. The standard InChI is InChI=1S/C26H28ClFN2O2/c1-6-20(21-8-7-9-22(14-21)29-19(5)31)15-25-16(2)12-13-30(25)32-18(4)26-17(3)24(28)11-10-23(26)27/h7-15,18H,6H2,1-5H3,(H,29,31)/b20-15+. The van der Waals surface area contributed by atoms with Crippen molar-refractivity contribution in [2.75, 3.05) is 5.32 Å². The van der Waals surface area contributed by atoms with E-state index in [1.165, 1.54) is 13.0 Å². The second-order valence-corrected chi connectivity index (χ2v) is 8.22. The van der Waals surface area contributed by atoms with Crippen molar-refractivity contribution >= 4 is 34.8 Å². The minimum Gasteiger partial charge on any atom is -0.406 e. The van der Waals surface area contributed by atoms with E-state index < -0.39 is 6.10 Å². The smallest absolute Gasteiger partial charge is 0.221 e. The molecule has 2 aromatic carbocycles. The molecule has 0 bridgehead atoms. The lowest BCUT2D eigenvalue weighted by Gasteiger charge is -2.20. The first-order valence-corrected chi connectivity index (χ1v) is 11.0. The van der Waals surface area contributed by atoms with Crippen molar-refractivity contribution in [3.05, 3.63) is 87.4 Å². The second kappa shape index (κ2) is 10.0. The zero-order valence-corrected chi connectivity index (χ0v) is 19.8. The number of rotatable bonds is 7. The quantitative estimate of drug-likeness (QED) is 0.417. The van der Waals surface area contributed by atoms with Crippen LogP contribution in [0.4, 0.5) is 10.1 Å². The molecule has 1 atom stereocenters. The molecule has 1 N–H and O–H groups in total. The van der Waals surface area contributed by atoms with Gasteiger partial charge >= 0.3 is 0 Å². The lowest BCUT2D eigenvalue weighted by molar-refractivity contribution is -0.114. The van der Waals surface area contributed by atoms with Crippen LogP contribution in [0, 0.1) is 19.7 Å². The van der Waals surface area contributed by atoms with Gasteiger partial charge in [0.2, 0.25) is 5.91 Å². The summed E-state index contributed by atoms with van der Waals surface area (Å²) in [7, 11) is 0. The zero-order chi connectivity index (χ0) is 23.4. The molecule has 0 aliphatic carbocycles. The van der Waals surface area contributed by atoms with E-state index in [2.05, 4.69) is 18.3 Å². The van der Waals surface area contributed by atoms with Gasteiger partial charge in [-0.15, -0.1) is 0 Å². The number of amides is 1. The highest BCUT2D eigenvalue weighted by Gasteiger charge is 2.19. The Balaban J connectivity index is 1.95. The summed E-state index contributed by atoms with van der Waals surface area (Å²) >= 11 is 6.35. The number of benzene rings is 2. The Morgan fingerprint density at radius 2 is 2.00 bits per heavy atom. The highest BCUT2D eigenvalue weighted by atomic mass is 35.5. The van der Waals surface area contributed by atoms with Crippen LogP contribution in [0.5, 0.6) is 0 Å². The van der Waals surface area contributed by atoms with Crippen LogP contribution in [-0.2, 0) is 4.79 Å². The Morgan fingerprint density at radius 3 is 2.69 bits per heavy atom. The molecule has 1 aromatic heterocycles. The Bertz CT molecular complexity index is 1170. The Hall–Kier alpha value is -3.05. The van der Waals surface area contributed by atoms with Crippen LogP contribution in [0.3, 0.4) is 0 Å². The second-order valence-electron chi connectivity index (χ2n) is 7.81. The van der Waals surface area contributed by atoms with Gasteiger partial charge in [0.05, 0.1) is 5.69 Å². The first-order chi connectivity index (χ1) is 15.2. The fourth-order valence-corrected chi connectivity index (χ4v) is 4.09. The summed E-state index contributed by atoms with van der Waals surface area (Å²) in [5.74, 6) is -0.418. The van der Waals surface area contributed by atoms with Crippen LogP contribution in [0.2, 0.25) is 5.02 Å². The van der Waals surface area contributed by atoms with Crippen molar-refractivity contribution in [3.8, 4) is 0 Å². The van der Waals surface area contributed by atoms with Crippen molar-refractivity contribution < 1.29 is 14.0 Å². The molecule has 0 spiro atoms. The molecule has 3 rings (SSSR count). The fourth-order valence-electron chi connectivity index (χ4n) is 3.73. The Labute approximate surface area is 193 Å². The molecule has 1 heterocycles. The molecular formula is C26H28ClFN2O2. The third-order valence-electron chi connectivity index (χ3n) is 5.42. The molecule has 168 valence electrons. The highest BCUT2D eigenvalue weighted by Crippen LogP contribution is 2.30. The van der Waals surface area contributed by atoms with Gasteiger partial charge in [-0.05, 0) is 85.9 Å². The van der Waals surface area contributed by atoms with Crippen LogP contribution in [-0.4, -0.2) is 10.6 Å². The van der Waals surface area contributed by atoms with E-state index in [9.17, 15) is 9.18 Å². The van der Waals surface area contributed by atoms with Gasteiger partial charge in [-0.25, -0.2) is 4.39 Å². The van der Waals surface area contributed by atoms with E-state index in [-0.39, 0.29) is 11.7 Å². The molecular weight excluding hydrogens is 427 g/mol. The number of nitrogens with one attached hydrogen (secondary N) is 1. The summed E-state index contributed by atoms with van der Waals surface area (Å²) in [4.78, 5) is 17.6. The van der Waals surface area contributed by atoms with Crippen molar-refractivity contribution in [2.45, 2.75) is 47.1 Å². The van der Waals surface area contributed by atoms with Gasteiger partial charge in [0.25, 0.3) is 0 Å². The van der Waals surface area contributed by atoms with Crippen LogP contribution in [0.15, 0.2) is 48.7 Å². The molecule has 0 saturated carbocycles. The average Bonchev–Trinajstić information content (AvgIpc) is 3.08. The predicted molar refractivity (Wildman–Crippen MR) is 129 cm³/mol. The summed E-state index contributed by atoms with van der Waals surface area (Å²) in [5, 5.41) is 3.30. The fraction of sp³-hybridized carbons (Fsp3) is 0.269. The number of allylic oxidation sites excluding steroid dienone is 1. The summed E-state index contributed by atoms with van der Waals surface area (Å²) in [6.07, 6.45) is 4.26. The molecule has 0 aliphatic heterocycles. The van der Waals surface area contributed by atoms with E-state index in [4.69, 9.17) is 16.4 Å². The third kappa shape index (κ3) is 5.22. The summed E-state index contributed by atoms with van der Waals surface area (Å²) in [5.41, 5.74) is 5.91. The van der Waals surface area contributed by atoms with E-state index in [1.54, 1.807) is 17.7 Å². The van der Waals surface area contributed by atoms with Crippen molar-refractivity contribution in [2.24, 2.45) is 0 Å². The molecule has 0 fully saturated rings. The molecule has 1 unspecified atom stereocenters. The monoisotopic (exact) mass is 454 g/mol. The van der Waals surface area contributed by atoms with Gasteiger partial charge in [-0.2, -0.15) is 4.73 Å². The van der Waals surface area contributed by atoms with Gasteiger partial charge in [0.15, 0.2) is 0 Å². The number of aromatic nitrogens is 1. The lowest BCUT2D eigenvalue weighted by atomic mass is 10.0. The average molecular weight is 455 g/mol. The minimum absolute atomic E-state index is 0.109. The topological polar surface area (TPSA) is 43.3 Å². The zero-order valence-electron chi connectivity index (χ0n) is 19.0. The van der Waals surface area contributed by atoms with E-state index in [0.29, 0.717) is 16.1 Å². The maximum absolute atomic E-state index is 14.1. The summed E-state index contributed by atoms with van der Waals surface area (Å²) < 4.78 is 15.8. The van der Waals surface area contributed by atoms with Crippen LogP contribution >= 0.6 is 11.6 Å². The normalized spacial score (nSPS) is 12.5. The molecule has 1 amide bonds. The first-order valence-electron chi connectivity index (χ1n) is 10.6. The summed E-state index contributed by atoms with van der Waals surface area (Å²) in [6, 6.07) is 12.6. The van der Waals surface area contributed by atoms with Crippen LogP contribution < -0.4 is 10.2 Å².